The molecule has 1 aliphatic rings. The molecule has 1 aromatic rings. The van der Waals surface area contributed by atoms with Crippen LogP contribution in [0.1, 0.15) is 22.5 Å². The second kappa shape index (κ2) is 5.05. The molecule has 1 aromatic heterocycles. The molecule has 5 nitrogen and oxygen atoms in total. The van der Waals surface area contributed by atoms with Gasteiger partial charge in [0.1, 0.15) is 0 Å². The van der Waals surface area contributed by atoms with Crippen LogP contribution in [0.3, 0.4) is 0 Å². The minimum absolute atomic E-state index is 0.0569. The van der Waals surface area contributed by atoms with Crippen molar-refractivity contribution in [3.05, 3.63) is 29.6 Å². The Labute approximate surface area is 93.0 Å². The van der Waals surface area contributed by atoms with Crippen LogP contribution in [0.5, 0.6) is 0 Å². The quantitative estimate of drug-likeness (QED) is 0.827. The molecule has 1 unspecified atom stereocenters. The summed E-state index contributed by atoms with van der Waals surface area (Å²) >= 11 is 0. The van der Waals surface area contributed by atoms with Crippen molar-refractivity contribution < 1.29 is 19.4 Å². The Morgan fingerprint density at radius 1 is 1.69 bits per heavy atom. The van der Waals surface area contributed by atoms with E-state index in [1.54, 1.807) is 12.1 Å². The molecule has 0 aromatic carbocycles. The lowest BCUT2D eigenvalue weighted by Crippen LogP contribution is -2.14. The number of hydrogen-bond acceptors (Lipinski definition) is 4. The van der Waals surface area contributed by atoms with Crippen molar-refractivity contribution in [2.24, 2.45) is 0 Å². The van der Waals surface area contributed by atoms with Gasteiger partial charge in [-0.15, -0.1) is 0 Å². The molecule has 5 heteroatoms. The highest BCUT2D eigenvalue weighted by atomic mass is 16.5. The zero-order valence-electron chi connectivity index (χ0n) is 8.76. The van der Waals surface area contributed by atoms with Gasteiger partial charge in [0.15, 0.2) is 5.69 Å². The summed E-state index contributed by atoms with van der Waals surface area (Å²) in [5.41, 5.74) is 0.656. The molecule has 0 radical (unpaired) electrons. The third-order valence-electron chi connectivity index (χ3n) is 2.46. The van der Waals surface area contributed by atoms with Gasteiger partial charge in [-0.2, -0.15) is 0 Å². The van der Waals surface area contributed by atoms with Gasteiger partial charge in [0, 0.05) is 18.4 Å². The minimum Gasteiger partial charge on any atom is -0.477 e. The zero-order valence-corrected chi connectivity index (χ0v) is 8.76. The van der Waals surface area contributed by atoms with Gasteiger partial charge in [0.2, 0.25) is 0 Å². The van der Waals surface area contributed by atoms with Gasteiger partial charge >= 0.3 is 5.97 Å². The van der Waals surface area contributed by atoms with E-state index in [1.807, 2.05) is 0 Å². The van der Waals surface area contributed by atoms with Gasteiger partial charge in [0.05, 0.1) is 19.3 Å². The van der Waals surface area contributed by atoms with E-state index in [9.17, 15) is 4.79 Å². The summed E-state index contributed by atoms with van der Waals surface area (Å²) in [6, 6.07) is 3.42. The minimum atomic E-state index is -1.03. The summed E-state index contributed by atoms with van der Waals surface area (Å²) in [5.74, 6) is -1.03. The average molecular weight is 223 g/mol. The van der Waals surface area contributed by atoms with Crippen LogP contribution in [0.2, 0.25) is 0 Å². The van der Waals surface area contributed by atoms with Crippen LogP contribution < -0.4 is 0 Å². The first-order valence-electron chi connectivity index (χ1n) is 5.14. The highest BCUT2D eigenvalue weighted by Gasteiger charge is 2.18. The Kier molecular flexibility index (Phi) is 3.48. The standard InChI is InChI=1S/C11H13NO4/c13-11(14)10-8(2-1-4-12-10)6-16-9-3-5-15-7-9/h1-2,4,9H,3,5-7H2,(H,13,14). The monoisotopic (exact) mass is 223 g/mol. The maximum atomic E-state index is 10.9. The average Bonchev–Trinajstić information content (AvgIpc) is 2.79. The van der Waals surface area contributed by atoms with Crippen molar-refractivity contribution in [2.75, 3.05) is 13.2 Å². The molecule has 1 N–H and O–H groups in total. The van der Waals surface area contributed by atoms with Gasteiger partial charge in [-0.05, 0) is 12.5 Å². The van der Waals surface area contributed by atoms with Gasteiger partial charge in [-0.3, -0.25) is 0 Å². The van der Waals surface area contributed by atoms with Crippen LogP contribution in [0.15, 0.2) is 18.3 Å². The van der Waals surface area contributed by atoms with E-state index in [-0.39, 0.29) is 18.4 Å². The van der Waals surface area contributed by atoms with Crippen molar-refractivity contribution in [3.8, 4) is 0 Å². The molecule has 1 fully saturated rings. The molecular formula is C11H13NO4. The molecule has 2 rings (SSSR count). The molecule has 0 spiro atoms. The number of nitrogens with zero attached hydrogens (tertiary/aromatic N) is 1. The van der Waals surface area contributed by atoms with E-state index in [0.29, 0.717) is 18.8 Å². The Hall–Kier alpha value is -1.46. The van der Waals surface area contributed by atoms with E-state index in [0.717, 1.165) is 6.42 Å². The number of pyridine rings is 1. The SMILES string of the molecule is O=C(O)c1ncccc1COC1CCOC1. The Morgan fingerprint density at radius 2 is 2.56 bits per heavy atom. The molecule has 0 saturated carbocycles. The zero-order chi connectivity index (χ0) is 11.4. The molecule has 0 amide bonds. The summed E-state index contributed by atoms with van der Waals surface area (Å²) in [5, 5.41) is 8.91. The third kappa shape index (κ3) is 2.56. The summed E-state index contributed by atoms with van der Waals surface area (Å²) in [6.07, 6.45) is 2.40. The normalized spacial score (nSPS) is 19.9. The highest BCUT2D eigenvalue weighted by Crippen LogP contribution is 2.13. The molecule has 86 valence electrons. The summed E-state index contributed by atoms with van der Waals surface area (Å²) in [6.45, 7) is 1.57. The van der Waals surface area contributed by atoms with Gasteiger partial charge in [0.25, 0.3) is 0 Å². The van der Waals surface area contributed by atoms with E-state index in [2.05, 4.69) is 4.98 Å². The summed E-state index contributed by atoms with van der Waals surface area (Å²) < 4.78 is 10.7. The maximum Gasteiger partial charge on any atom is 0.354 e. The number of aromatic nitrogens is 1. The second-order valence-corrected chi connectivity index (χ2v) is 3.61. The lowest BCUT2D eigenvalue weighted by molar-refractivity contribution is 0.0306. The highest BCUT2D eigenvalue weighted by molar-refractivity contribution is 5.86. The summed E-state index contributed by atoms with van der Waals surface area (Å²) in [7, 11) is 0. The third-order valence-corrected chi connectivity index (χ3v) is 2.46. The lowest BCUT2D eigenvalue weighted by Gasteiger charge is -2.10. The van der Waals surface area contributed by atoms with Crippen molar-refractivity contribution >= 4 is 5.97 Å². The fraction of sp³-hybridized carbons (Fsp3) is 0.455. The predicted molar refractivity (Wildman–Crippen MR) is 55.2 cm³/mol. The van der Waals surface area contributed by atoms with Gasteiger partial charge < -0.3 is 14.6 Å². The first-order chi connectivity index (χ1) is 7.77. The molecule has 0 aliphatic carbocycles. The number of carboxylic acids is 1. The lowest BCUT2D eigenvalue weighted by atomic mass is 10.2. The smallest absolute Gasteiger partial charge is 0.354 e. The molecule has 1 atom stereocenters. The fourth-order valence-corrected chi connectivity index (χ4v) is 1.60. The molecule has 16 heavy (non-hydrogen) atoms. The molecular weight excluding hydrogens is 210 g/mol. The van der Waals surface area contributed by atoms with Crippen molar-refractivity contribution in [3.63, 3.8) is 0 Å². The topological polar surface area (TPSA) is 68.7 Å². The van der Waals surface area contributed by atoms with Gasteiger partial charge in [-0.1, -0.05) is 6.07 Å². The first kappa shape index (κ1) is 11.0. The van der Waals surface area contributed by atoms with E-state index >= 15 is 0 Å². The maximum absolute atomic E-state index is 10.9. The number of carbonyl (C=O) groups is 1. The Bertz CT molecular complexity index is 374. The van der Waals surface area contributed by atoms with Crippen LogP contribution in [0.4, 0.5) is 0 Å². The van der Waals surface area contributed by atoms with Crippen LogP contribution in [0.25, 0.3) is 0 Å². The molecule has 0 bridgehead atoms. The number of rotatable bonds is 4. The Balaban J connectivity index is 2.00. The van der Waals surface area contributed by atoms with Crippen LogP contribution >= 0.6 is 0 Å². The number of ether oxygens (including phenoxy) is 2. The summed E-state index contributed by atoms with van der Waals surface area (Å²) in [4.78, 5) is 14.7. The Morgan fingerprint density at radius 3 is 3.25 bits per heavy atom. The number of hydrogen-bond donors (Lipinski definition) is 1. The molecule has 2 heterocycles. The number of aromatic carboxylic acids is 1. The first-order valence-corrected chi connectivity index (χ1v) is 5.14. The fourth-order valence-electron chi connectivity index (χ4n) is 1.60. The second-order valence-electron chi connectivity index (χ2n) is 3.61. The van der Waals surface area contributed by atoms with Crippen LogP contribution in [-0.2, 0) is 16.1 Å². The van der Waals surface area contributed by atoms with E-state index < -0.39 is 5.97 Å². The van der Waals surface area contributed by atoms with Crippen molar-refractivity contribution in [2.45, 2.75) is 19.1 Å². The predicted octanol–water partition coefficient (Wildman–Crippen LogP) is 1.09. The van der Waals surface area contributed by atoms with E-state index in [4.69, 9.17) is 14.6 Å². The number of carboxylic acid groups (broad SMARTS) is 1. The van der Waals surface area contributed by atoms with Gasteiger partial charge in [-0.25, -0.2) is 9.78 Å². The van der Waals surface area contributed by atoms with Crippen molar-refractivity contribution in [1.29, 1.82) is 0 Å². The van der Waals surface area contributed by atoms with Crippen molar-refractivity contribution in [1.82, 2.24) is 4.98 Å². The molecule has 1 aliphatic heterocycles. The van der Waals surface area contributed by atoms with E-state index in [1.165, 1.54) is 6.20 Å². The molecule has 1 saturated heterocycles. The van der Waals surface area contributed by atoms with Crippen LogP contribution in [0, 0.1) is 0 Å². The largest absolute Gasteiger partial charge is 0.477 e. The van der Waals surface area contributed by atoms with Crippen LogP contribution in [-0.4, -0.2) is 35.4 Å².